The molecule has 2 aromatic carbocycles. The maximum Gasteiger partial charge on any atom is 0.126 e. The van der Waals surface area contributed by atoms with E-state index >= 15 is 0 Å². The zero-order valence-electron chi connectivity index (χ0n) is 9.36. The average Bonchev–Trinajstić information content (AvgIpc) is 2.37. The largest absolute Gasteiger partial charge is 0.489 e. The molecule has 0 fully saturated rings. The standard InChI is InChI=1S/C14H9ClFNO/c15-14-6-10(8-17)4-5-11(14)9-18-13-3-1-2-12(16)7-13/h1-7H,9H2. The Balaban J connectivity index is 2.09. The number of hydrogen-bond donors (Lipinski definition) is 0. The second-order valence-electron chi connectivity index (χ2n) is 3.66. The molecule has 0 unspecified atom stereocenters. The molecule has 4 heteroatoms. The van der Waals surface area contributed by atoms with Crippen molar-refractivity contribution in [2.75, 3.05) is 0 Å². The van der Waals surface area contributed by atoms with Gasteiger partial charge in [0.1, 0.15) is 18.2 Å². The predicted molar refractivity (Wildman–Crippen MR) is 66.9 cm³/mol. The van der Waals surface area contributed by atoms with Gasteiger partial charge >= 0.3 is 0 Å². The van der Waals surface area contributed by atoms with Gasteiger partial charge in [0.25, 0.3) is 0 Å². The third kappa shape index (κ3) is 2.99. The van der Waals surface area contributed by atoms with Crippen LogP contribution < -0.4 is 4.74 Å². The van der Waals surface area contributed by atoms with Crippen LogP contribution in [0.2, 0.25) is 5.02 Å². The topological polar surface area (TPSA) is 33.0 Å². The van der Waals surface area contributed by atoms with E-state index < -0.39 is 0 Å². The van der Waals surface area contributed by atoms with Crippen molar-refractivity contribution in [3.63, 3.8) is 0 Å². The molecule has 90 valence electrons. The van der Waals surface area contributed by atoms with Crippen LogP contribution in [0.5, 0.6) is 5.75 Å². The van der Waals surface area contributed by atoms with Crippen LogP contribution in [-0.4, -0.2) is 0 Å². The molecule has 0 spiro atoms. The van der Waals surface area contributed by atoms with Gasteiger partial charge in [0, 0.05) is 16.7 Å². The molecule has 0 aliphatic rings. The molecule has 0 radical (unpaired) electrons. The number of nitriles is 1. The fourth-order valence-electron chi connectivity index (χ4n) is 1.45. The molecule has 0 amide bonds. The van der Waals surface area contributed by atoms with Crippen LogP contribution in [0.3, 0.4) is 0 Å². The Bertz CT molecular complexity index is 607. The van der Waals surface area contributed by atoms with Gasteiger partial charge < -0.3 is 4.74 Å². The van der Waals surface area contributed by atoms with E-state index in [2.05, 4.69) is 0 Å². The van der Waals surface area contributed by atoms with Crippen molar-refractivity contribution in [1.29, 1.82) is 5.26 Å². The quantitative estimate of drug-likeness (QED) is 0.839. The van der Waals surface area contributed by atoms with Gasteiger partial charge in [-0.25, -0.2) is 4.39 Å². The van der Waals surface area contributed by atoms with Crippen LogP contribution >= 0.6 is 11.6 Å². The highest BCUT2D eigenvalue weighted by Gasteiger charge is 2.03. The fraction of sp³-hybridized carbons (Fsp3) is 0.0714. The molecule has 0 N–H and O–H groups in total. The van der Waals surface area contributed by atoms with E-state index in [9.17, 15) is 4.39 Å². The van der Waals surface area contributed by atoms with Crippen LogP contribution in [-0.2, 0) is 6.61 Å². The minimum absolute atomic E-state index is 0.230. The van der Waals surface area contributed by atoms with E-state index in [1.807, 2.05) is 6.07 Å². The summed E-state index contributed by atoms with van der Waals surface area (Å²) in [5, 5.41) is 9.17. The van der Waals surface area contributed by atoms with Crippen LogP contribution in [0.15, 0.2) is 42.5 Å². The van der Waals surface area contributed by atoms with Gasteiger partial charge in [-0.05, 0) is 24.3 Å². The van der Waals surface area contributed by atoms with Crippen molar-refractivity contribution in [1.82, 2.24) is 0 Å². The Morgan fingerprint density at radius 3 is 2.72 bits per heavy atom. The molecule has 18 heavy (non-hydrogen) atoms. The van der Waals surface area contributed by atoms with E-state index in [0.717, 1.165) is 5.56 Å². The Kier molecular flexibility index (Phi) is 3.81. The Labute approximate surface area is 109 Å². The SMILES string of the molecule is N#Cc1ccc(COc2cccc(F)c2)c(Cl)c1. The lowest BCUT2D eigenvalue weighted by molar-refractivity contribution is 0.304. The first-order valence-electron chi connectivity index (χ1n) is 5.26. The minimum Gasteiger partial charge on any atom is -0.489 e. The first kappa shape index (κ1) is 12.4. The summed E-state index contributed by atoms with van der Waals surface area (Å²) in [6.45, 7) is 0.230. The van der Waals surface area contributed by atoms with E-state index in [4.69, 9.17) is 21.6 Å². The Morgan fingerprint density at radius 1 is 1.22 bits per heavy atom. The molecule has 0 saturated carbocycles. The number of nitrogens with zero attached hydrogens (tertiary/aromatic N) is 1. The highest BCUT2D eigenvalue weighted by molar-refractivity contribution is 6.31. The summed E-state index contributed by atoms with van der Waals surface area (Å²) in [6.07, 6.45) is 0. The lowest BCUT2D eigenvalue weighted by Gasteiger charge is -2.08. The monoisotopic (exact) mass is 261 g/mol. The van der Waals surface area contributed by atoms with Crippen LogP contribution in [0.4, 0.5) is 4.39 Å². The van der Waals surface area contributed by atoms with E-state index in [-0.39, 0.29) is 12.4 Å². The number of halogens is 2. The molecule has 2 nitrogen and oxygen atoms in total. The summed E-state index contributed by atoms with van der Waals surface area (Å²) in [5.41, 5.74) is 1.24. The van der Waals surface area contributed by atoms with Crippen molar-refractivity contribution in [2.45, 2.75) is 6.61 Å². The highest BCUT2D eigenvalue weighted by atomic mass is 35.5. The van der Waals surface area contributed by atoms with Gasteiger partial charge in [-0.1, -0.05) is 23.7 Å². The lowest BCUT2D eigenvalue weighted by atomic mass is 10.1. The van der Waals surface area contributed by atoms with Crippen LogP contribution in [0.1, 0.15) is 11.1 Å². The summed E-state index contributed by atoms with van der Waals surface area (Å²) >= 11 is 6.00. The summed E-state index contributed by atoms with van der Waals surface area (Å²) in [7, 11) is 0. The van der Waals surface area contributed by atoms with Crippen LogP contribution in [0.25, 0.3) is 0 Å². The van der Waals surface area contributed by atoms with Gasteiger partial charge in [0.05, 0.1) is 11.6 Å². The Hall–Kier alpha value is -2.05. The van der Waals surface area contributed by atoms with Gasteiger partial charge in [-0.2, -0.15) is 5.26 Å². The number of hydrogen-bond acceptors (Lipinski definition) is 2. The smallest absolute Gasteiger partial charge is 0.126 e. The fourth-order valence-corrected chi connectivity index (χ4v) is 1.69. The molecule has 0 heterocycles. The van der Waals surface area contributed by atoms with Gasteiger partial charge in [-0.3, -0.25) is 0 Å². The van der Waals surface area contributed by atoms with Crippen molar-refractivity contribution >= 4 is 11.6 Å². The number of rotatable bonds is 3. The molecule has 0 aliphatic heterocycles. The number of ether oxygens (including phenoxy) is 1. The molecule has 0 atom stereocenters. The predicted octanol–water partition coefficient (Wildman–Crippen LogP) is 3.93. The van der Waals surface area contributed by atoms with Crippen molar-refractivity contribution in [2.24, 2.45) is 0 Å². The van der Waals surface area contributed by atoms with Gasteiger partial charge in [-0.15, -0.1) is 0 Å². The van der Waals surface area contributed by atoms with Crippen LogP contribution in [0, 0.1) is 17.1 Å². The zero-order valence-corrected chi connectivity index (χ0v) is 10.1. The third-order valence-electron chi connectivity index (χ3n) is 2.37. The van der Waals surface area contributed by atoms with Crippen molar-refractivity contribution < 1.29 is 9.13 Å². The third-order valence-corrected chi connectivity index (χ3v) is 2.72. The molecular formula is C14H9ClFNO. The summed E-state index contributed by atoms with van der Waals surface area (Å²) < 4.78 is 18.3. The van der Waals surface area contributed by atoms with Gasteiger partial charge in [0.15, 0.2) is 0 Å². The molecule has 0 aliphatic carbocycles. The summed E-state index contributed by atoms with van der Waals surface area (Å²) in [6, 6.07) is 12.9. The molecule has 0 aromatic heterocycles. The summed E-state index contributed by atoms with van der Waals surface area (Å²) in [5.74, 6) is 0.0915. The normalized spacial score (nSPS) is 9.83. The zero-order chi connectivity index (χ0) is 13.0. The second kappa shape index (κ2) is 5.52. The molecule has 0 saturated heterocycles. The van der Waals surface area contributed by atoms with Crippen molar-refractivity contribution in [3.05, 3.63) is 64.4 Å². The first-order chi connectivity index (χ1) is 8.69. The minimum atomic E-state index is -0.349. The molecule has 2 aromatic rings. The van der Waals surface area contributed by atoms with E-state index in [1.165, 1.54) is 12.1 Å². The second-order valence-corrected chi connectivity index (χ2v) is 4.07. The summed E-state index contributed by atoms with van der Waals surface area (Å²) in [4.78, 5) is 0. The maximum atomic E-state index is 12.9. The molecule has 0 bridgehead atoms. The van der Waals surface area contributed by atoms with Crippen molar-refractivity contribution in [3.8, 4) is 11.8 Å². The lowest BCUT2D eigenvalue weighted by Crippen LogP contribution is -1.97. The molecule has 2 rings (SSSR count). The average molecular weight is 262 g/mol. The van der Waals surface area contributed by atoms with E-state index in [0.29, 0.717) is 16.3 Å². The molecular weight excluding hydrogens is 253 g/mol. The number of benzene rings is 2. The highest BCUT2D eigenvalue weighted by Crippen LogP contribution is 2.20. The first-order valence-corrected chi connectivity index (χ1v) is 5.64. The maximum absolute atomic E-state index is 12.9. The van der Waals surface area contributed by atoms with Gasteiger partial charge in [0.2, 0.25) is 0 Å². The Morgan fingerprint density at radius 2 is 2.06 bits per heavy atom. The van der Waals surface area contributed by atoms with E-state index in [1.54, 1.807) is 30.3 Å².